The lowest BCUT2D eigenvalue weighted by Crippen LogP contribution is -1.74. The number of rotatable bonds is 3. The van der Waals surface area contributed by atoms with Gasteiger partial charge in [-0.2, -0.15) is 0 Å². The Labute approximate surface area is 69.2 Å². The highest BCUT2D eigenvalue weighted by Gasteiger charge is 1.95. The zero-order valence-electron chi connectivity index (χ0n) is 5.90. The van der Waals surface area contributed by atoms with Crippen LogP contribution in [0, 0.1) is 0 Å². The summed E-state index contributed by atoms with van der Waals surface area (Å²) < 4.78 is 5.93. The average Bonchev–Trinajstić information content (AvgIpc) is 1.87. The van der Waals surface area contributed by atoms with Crippen LogP contribution in [0.4, 0.5) is 0 Å². The average molecular weight is 211 g/mol. The lowest BCUT2D eigenvalue weighted by Gasteiger charge is -1.98. The first-order valence-electron chi connectivity index (χ1n) is 2.78. The maximum Gasteiger partial charge on any atom is 0.0770 e. The van der Waals surface area contributed by atoms with Gasteiger partial charge in [-0.05, 0) is 29.3 Å². The highest BCUT2D eigenvalue weighted by atomic mass is 79.9. The van der Waals surface area contributed by atoms with Crippen molar-refractivity contribution in [2.45, 2.75) is 20.3 Å². The van der Waals surface area contributed by atoms with E-state index in [-0.39, 0.29) is 0 Å². The molecular formula is C6H11BrOS. The molecule has 0 fully saturated rings. The molecule has 0 rings (SSSR count). The Morgan fingerprint density at radius 1 is 1.67 bits per heavy atom. The molecule has 0 saturated heterocycles. The van der Waals surface area contributed by atoms with Crippen molar-refractivity contribution in [1.29, 1.82) is 0 Å². The molecule has 1 nitrogen and oxygen atoms in total. The molecule has 0 atom stereocenters. The van der Waals surface area contributed by atoms with E-state index in [9.17, 15) is 0 Å². The molecule has 0 aromatic carbocycles. The van der Waals surface area contributed by atoms with Crippen molar-refractivity contribution in [3.63, 3.8) is 0 Å². The molecule has 54 valence electrons. The molecule has 9 heavy (non-hydrogen) atoms. The Bertz CT molecular complexity index is 112. The summed E-state index contributed by atoms with van der Waals surface area (Å²) in [6.07, 6.45) is 1.07. The van der Waals surface area contributed by atoms with E-state index in [1.807, 2.05) is 0 Å². The van der Waals surface area contributed by atoms with Gasteiger partial charge in [-0.15, -0.1) is 0 Å². The van der Waals surface area contributed by atoms with Crippen LogP contribution >= 0.6 is 28.0 Å². The molecule has 0 radical (unpaired) electrons. The predicted octanol–water partition coefficient (Wildman–Crippen LogP) is 3.32. The molecule has 0 saturated carbocycles. The second kappa shape index (κ2) is 5.33. The van der Waals surface area contributed by atoms with Crippen LogP contribution in [0.5, 0.6) is 0 Å². The largest absolute Gasteiger partial charge is 0.313 e. The minimum absolute atomic E-state index is 1.07. The third-order valence-electron chi connectivity index (χ3n) is 1.02. The van der Waals surface area contributed by atoms with E-state index in [1.54, 1.807) is 7.11 Å². The van der Waals surface area contributed by atoms with E-state index in [1.165, 1.54) is 17.6 Å². The second-order valence-electron chi connectivity index (χ2n) is 1.66. The van der Waals surface area contributed by atoms with Crippen molar-refractivity contribution >= 4 is 28.0 Å². The second-order valence-corrected chi connectivity index (χ2v) is 3.88. The summed E-state index contributed by atoms with van der Waals surface area (Å²) in [5.41, 5.74) is 1.32. The van der Waals surface area contributed by atoms with E-state index in [4.69, 9.17) is 4.18 Å². The molecule has 0 aliphatic heterocycles. The molecule has 0 heterocycles. The number of hydrogen-bond acceptors (Lipinski definition) is 2. The lowest BCUT2D eigenvalue weighted by atomic mass is 10.3. The van der Waals surface area contributed by atoms with Gasteiger partial charge in [0.05, 0.1) is 10.9 Å². The number of allylic oxidation sites excluding steroid dienone is 1. The van der Waals surface area contributed by atoms with Crippen molar-refractivity contribution in [2.75, 3.05) is 7.11 Å². The Balaban J connectivity index is 3.78. The molecular weight excluding hydrogens is 200 g/mol. The first kappa shape index (κ1) is 9.53. The molecule has 0 aliphatic rings. The third kappa shape index (κ3) is 4.00. The minimum atomic E-state index is 1.07. The van der Waals surface area contributed by atoms with Gasteiger partial charge in [-0.25, -0.2) is 0 Å². The van der Waals surface area contributed by atoms with Crippen LogP contribution in [0.15, 0.2) is 9.39 Å². The molecule has 0 aromatic heterocycles. The summed E-state index contributed by atoms with van der Waals surface area (Å²) in [5, 5.41) is 0. The molecule has 0 aromatic rings. The zero-order valence-corrected chi connectivity index (χ0v) is 8.30. The van der Waals surface area contributed by atoms with Crippen molar-refractivity contribution in [3.05, 3.63) is 9.39 Å². The van der Waals surface area contributed by atoms with Crippen LogP contribution < -0.4 is 0 Å². The number of halogens is 1. The standard InChI is InChI=1S/C6H11BrOS/c1-4-5(2)6(7)9-8-3/h4H2,1-3H3/b6-5-. The van der Waals surface area contributed by atoms with Crippen molar-refractivity contribution in [2.24, 2.45) is 0 Å². The smallest absolute Gasteiger partial charge is 0.0770 e. The monoisotopic (exact) mass is 210 g/mol. The third-order valence-corrected chi connectivity index (χ3v) is 2.76. The van der Waals surface area contributed by atoms with E-state index in [2.05, 4.69) is 29.8 Å². The van der Waals surface area contributed by atoms with E-state index >= 15 is 0 Å². The van der Waals surface area contributed by atoms with Gasteiger partial charge in [0.25, 0.3) is 0 Å². The van der Waals surface area contributed by atoms with Crippen molar-refractivity contribution in [3.8, 4) is 0 Å². The van der Waals surface area contributed by atoms with Crippen molar-refractivity contribution in [1.82, 2.24) is 0 Å². The van der Waals surface area contributed by atoms with Crippen LogP contribution in [0.25, 0.3) is 0 Å². The zero-order chi connectivity index (χ0) is 7.28. The maximum atomic E-state index is 4.84. The van der Waals surface area contributed by atoms with Gasteiger partial charge in [-0.1, -0.05) is 12.5 Å². The van der Waals surface area contributed by atoms with Crippen molar-refractivity contribution < 1.29 is 4.18 Å². The first-order valence-corrected chi connectivity index (χ1v) is 4.31. The van der Waals surface area contributed by atoms with Gasteiger partial charge in [0.15, 0.2) is 0 Å². The predicted molar refractivity (Wildman–Crippen MR) is 46.5 cm³/mol. The summed E-state index contributed by atoms with van der Waals surface area (Å²) >= 11 is 4.74. The Hall–Kier alpha value is 0.530. The molecule has 0 amide bonds. The normalized spacial score (nSPS) is 13.3. The Morgan fingerprint density at radius 3 is 2.56 bits per heavy atom. The van der Waals surface area contributed by atoms with E-state index in [0.29, 0.717) is 0 Å². The summed E-state index contributed by atoms with van der Waals surface area (Å²) in [4.78, 5) is 0. The van der Waals surface area contributed by atoms with E-state index in [0.717, 1.165) is 10.2 Å². The van der Waals surface area contributed by atoms with E-state index < -0.39 is 0 Å². The van der Waals surface area contributed by atoms with Gasteiger partial charge in [0, 0.05) is 12.0 Å². The SMILES string of the molecule is CC/C(C)=C(/Br)SOC. The fraction of sp³-hybridized carbons (Fsp3) is 0.667. The van der Waals surface area contributed by atoms with Gasteiger partial charge in [-0.3, -0.25) is 0 Å². The molecule has 0 N–H and O–H groups in total. The Morgan fingerprint density at radius 2 is 2.22 bits per heavy atom. The van der Waals surface area contributed by atoms with Gasteiger partial charge < -0.3 is 4.18 Å². The minimum Gasteiger partial charge on any atom is -0.313 e. The molecule has 0 spiro atoms. The highest BCUT2D eigenvalue weighted by molar-refractivity contribution is 9.13. The molecule has 0 bridgehead atoms. The van der Waals surface area contributed by atoms with Crippen LogP contribution in [-0.2, 0) is 4.18 Å². The lowest BCUT2D eigenvalue weighted by molar-refractivity contribution is 0.494. The van der Waals surface area contributed by atoms with Gasteiger partial charge in [0.1, 0.15) is 0 Å². The molecule has 3 heteroatoms. The summed E-state index contributed by atoms with van der Waals surface area (Å²) in [6.45, 7) is 4.20. The Kier molecular flexibility index (Phi) is 5.64. The van der Waals surface area contributed by atoms with Crippen LogP contribution in [0.1, 0.15) is 20.3 Å². The first-order chi connectivity index (χ1) is 4.22. The highest BCUT2D eigenvalue weighted by Crippen LogP contribution is 2.27. The van der Waals surface area contributed by atoms with Crippen LogP contribution in [-0.4, -0.2) is 7.11 Å². The fourth-order valence-corrected chi connectivity index (χ4v) is 1.39. The fourth-order valence-electron chi connectivity index (χ4n) is 0.283. The number of hydrogen-bond donors (Lipinski definition) is 0. The van der Waals surface area contributed by atoms with Gasteiger partial charge >= 0.3 is 0 Å². The summed E-state index contributed by atoms with van der Waals surface area (Å²) in [5.74, 6) is 0. The van der Waals surface area contributed by atoms with Crippen LogP contribution in [0.3, 0.4) is 0 Å². The quantitative estimate of drug-likeness (QED) is 0.662. The summed E-state index contributed by atoms with van der Waals surface area (Å²) in [7, 11) is 1.66. The van der Waals surface area contributed by atoms with Crippen LogP contribution in [0.2, 0.25) is 0 Å². The van der Waals surface area contributed by atoms with Gasteiger partial charge in [0.2, 0.25) is 0 Å². The maximum absolute atomic E-state index is 4.84. The molecule has 0 aliphatic carbocycles. The summed E-state index contributed by atoms with van der Waals surface area (Å²) in [6, 6.07) is 0. The molecule has 0 unspecified atom stereocenters. The topological polar surface area (TPSA) is 9.23 Å².